The largest absolute Gasteiger partial charge is 0.481 e. The van der Waals surface area contributed by atoms with Crippen LogP contribution in [0.15, 0.2) is 47.5 Å². The van der Waals surface area contributed by atoms with Gasteiger partial charge in [0.1, 0.15) is 6.04 Å². The summed E-state index contributed by atoms with van der Waals surface area (Å²) in [6, 6.07) is 8.56. The maximum absolute atomic E-state index is 13.4. The van der Waals surface area contributed by atoms with E-state index in [-0.39, 0.29) is 17.3 Å². The Morgan fingerprint density at radius 2 is 1.96 bits per heavy atom. The van der Waals surface area contributed by atoms with Gasteiger partial charge in [-0.05, 0) is 49.1 Å². The first-order valence-corrected chi connectivity index (χ1v) is 10.8. The van der Waals surface area contributed by atoms with E-state index >= 15 is 0 Å². The molecule has 150 valence electrons. The molecule has 1 atom stereocenters. The molecule has 2 aromatic rings. The predicted molar refractivity (Wildman–Crippen MR) is 106 cm³/mol. The fraction of sp³-hybridized carbons (Fsp3) is 0.368. The van der Waals surface area contributed by atoms with Crippen molar-refractivity contribution in [2.45, 2.75) is 36.7 Å². The molecule has 0 radical (unpaired) electrons. The fourth-order valence-corrected chi connectivity index (χ4v) is 4.84. The average molecular weight is 424 g/mol. The first kappa shape index (κ1) is 20.6. The molecule has 0 saturated carbocycles. The third-order valence-corrected chi connectivity index (χ3v) is 6.74. The van der Waals surface area contributed by atoms with Gasteiger partial charge in [0.05, 0.1) is 12.0 Å². The molecule has 1 amide bonds. The molecule has 7 nitrogen and oxygen atoms in total. The second-order valence-corrected chi connectivity index (χ2v) is 8.84. The zero-order valence-corrected chi connectivity index (χ0v) is 17.0. The van der Waals surface area contributed by atoms with Gasteiger partial charge in [0.15, 0.2) is 0 Å². The Kier molecular flexibility index (Phi) is 6.53. The number of ether oxygens (including phenoxy) is 1. The number of aromatic nitrogens is 1. The molecule has 3 rings (SSSR count). The van der Waals surface area contributed by atoms with Crippen LogP contribution < -0.4 is 10.1 Å². The lowest BCUT2D eigenvalue weighted by Crippen LogP contribution is -2.48. The highest BCUT2D eigenvalue weighted by molar-refractivity contribution is 7.89. The van der Waals surface area contributed by atoms with Gasteiger partial charge in [0.2, 0.25) is 21.8 Å². The highest BCUT2D eigenvalue weighted by atomic mass is 35.5. The molecule has 0 aliphatic carbocycles. The Morgan fingerprint density at radius 1 is 1.21 bits per heavy atom. The molecular weight excluding hydrogens is 402 g/mol. The Balaban J connectivity index is 1.99. The predicted octanol–water partition coefficient (Wildman–Crippen LogP) is 2.60. The molecule has 9 heteroatoms. The van der Waals surface area contributed by atoms with Crippen molar-refractivity contribution in [1.29, 1.82) is 0 Å². The third kappa shape index (κ3) is 4.63. The molecule has 1 unspecified atom stereocenters. The Labute approximate surface area is 169 Å². The number of nitrogens with zero attached hydrogens (tertiary/aromatic N) is 2. The van der Waals surface area contributed by atoms with Crippen LogP contribution >= 0.6 is 11.6 Å². The number of amides is 1. The first-order valence-electron chi connectivity index (χ1n) is 8.96. The molecular formula is C19H22ClN3O4S. The van der Waals surface area contributed by atoms with E-state index in [1.165, 1.54) is 35.7 Å². The minimum atomic E-state index is -3.93. The van der Waals surface area contributed by atoms with E-state index in [9.17, 15) is 13.2 Å². The summed E-state index contributed by atoms with van der Waals surface area (Å²) in [7, 11) is -2.42. The second kappa shape index (κ2) is 8.89. The maximum atomic E-state index is 13.4. The van der Waals surface area contributed by atoms with Crippen molar-refractivity contribution in [2.75, 3.05) is 13.7 Å². The van der Waals surface area contributed by atoms with Crippen molar-refractivity contribution in [3.05, 3.63) is 53.2 Å². The van der Waals surface area contributed by atoms with Gasteiger partial charge in [-0.25, -0.2) is 13.4 Å². The van der Waals surface area contributed by atoms with Crippen LogP contribution in [0.4, 0.5) is 0 Å². The topological polar surface area (TPSA) is 88.6 Å². The number of sulfonamides is 1. The van der Waals surface area contributed by atoms with Gasteiger partial charge in [0.25, 0.3) is 0 Å². The molecule has 1 saturated heterocycles. The molecule has 1 aliphatic heterocycles. The van der Waals surface area contributed by atoms with Crippen LogP contribution in [0.2, 0.25) is 5.02 Å². The van der Waals surface area contributed by atoms with Gasteiger partial charge in [-0.15, -0.1) is 0 Å². The summed E-state index contributed by atoms with van der Waals surface area (Å²) < 4.78 is 33.1. The number of methoxy groups -OCH3 is 1. The minimum absolute atomic E-state index is 0.0278. The third-order valence-electron chi connectivity index (χ3n) is 4.62. The summed E-state index contributed by atoms with van der Waals surface area (Å²) in [6.45, 7) is 0.578. The van der Waals surface area contributed by atoms with Crippen molar-refractivity contribution in [2.24, 2.45) is 0 Å². The van der Waals surface area contributed by atoms with E-state index in [2.05, 4.69) is 10.3 Å². The maximum Gasteiger partial charge on any atom is 0.244 e. The summed E-state index contributed by atoms with van der Waals surface area (Å²) >= 11 is 5.90. The van der Waals surface area contributed by atoms with E-state index in [1.807, 2.05) is 0 Å². The van der Waals surface area contributed by atoms with E-state index < -0.39 is 16.1 Å². The highest BCUT2D eigenvalue weighted by Gasteiger charge is 2.36. The van der Waals surface area contributed by atoms with Crippen LogP contribution in [-0.2, 0) is 21.4 Å². The van der Waals surface area contributed by atoms with Gasteiger partial charge in [-0.1, -0.05) is 17.7 Å². The summed E-state index contributed by atoms with van der Waals surface area (Å²) in [4.78, 5) is 16.8. The SMILES string of the molecule is COc1ccc(CN(C2CCCCNC2=O)S(=O)(=O)c2ccc(Cl)cc2)cn1. The summed E-state index contributed by atoms with van der Waals surface area (Å²) in [6.07, 6.45) is 3.60. The lowest BCUT2D eigenvalue weighted by molar-refractivity contribution is -0.124. The monoisotopic (exact) mass is 423 g/mol. The lowest BCUT2D eigenvalue weighted by Gasteiger charge is -2.29. The summed E-state index contributed by atoms with van der Waals surface area (Å²) in [5.74, 6) is 0.152. The van der Waals surface area contributed by atoms with Crippen LogP contribution in [0.1, 0.15) is 24.8 Å². The van der Waals surface area contributed by atoms with Gasteiger partial charge in [-0.2, -0.15) is 4.31 Å². The number of benzene rings is 1. The normalized spacial score (nSPS) is 17.8. The molecule has 1 aliphatic rings. The Hall–Kier alpha value is -2.16. The average Bonchev–Trinajstić information content (AvgIpc) is 2.91. The molecule has 1 aromatic carbocycles. The molecule has 1 N–H and O–H groups in total. The van der Waals surface area contributed by atoms with Gasteiger partial charge >= 0.3 is 0 Å². The summed E-state index contributed by atoms with van der Waals surface area (Å²) in [5, 5.41) is 3.25. The number of hydrogen-bond donors (Lipinski definition) is 1. The lowest BCUT2D eigenvalue weighted by atomic mass is 10.1. The fourth-order valence-electron chi connectivity index (χ4n) is 3.11. The van der Waals surface area contributed by atoms with Crippen LogP contribution in [0, 0.1) is 0 Å². The van der Waals surface area contributed by atoms with Gasteiger partial charge < -0.3 is 10.1 Å². The zero-order chi connectivity index (χ0) is 20.1. The number of carbonyl (C=O) groups is 1. The highest BCUT2D eigenvalue weighted by Crippen LogP contribution is 2.26. The number of hydrogen-bond acceptors (Lipinski definition) is 5. The van der Waals surface area contributed by atoms with E-state index in [0.717, 1.165) is 12.8 Å². The number of carbonyl (C=O) groups excluding carboxylic acids is 1. The van der Waals surface area contributed by atoms with Crippen molar-refractivity contribution >= 4 is 27.5 Å². The van der Waals surface area contributed by atoms with Crippen LogP contribution in [-0.4, -0.2) is 43.3 Å². The second-order valence-electron chi connectivity index (χ2n) is 6.52. The van der Waals surface area contributed by atoms with Crippen molar-refractivity contribution < 1.29 is 17.9 Å². The van der Waals surface area contributed by atoms with Gasteiger partial charge in [-0.3, -0.25) is 4.79 Å². The molecule has 2 heterocycles. The minimum Gasteiger partial charge on any atom is -0.481 e. The molecule has 0 spiro atoms. The molecule has 0 bridgehead atoms. The molecule has 28 heavy (non-hydrogen) atoms. The van der Waals surface area contributed by atoms with Crippen LogP contribution in [0.3, 0.4) is 0 Å². The molecule has 1 fully saturated rings. The van der Waals surface area contributed by atoms with Crippen molar-refractivity contribution in [1.82, 2.24) is 14.6 Å². The molecule has 1 aromatic heterocycles. The van der Waals surface area contributed by atoms with E-state index in [1.54, 1.807) is 18.3 Å². The smallest absolute Gasteiger partial charge is 0.244 e. The van der Waals surface area contributed by atoms with Crippen LogP contribution in [0.5, 0.6) is 5.88 Å². The zero-order valence-electron chi connectivity index (χ0n) is 15.5. The standard InChI is InChI=1S/C19H22ClN3O4S/c1-27-18-10-5-14(12-22-18)13-23(17-4-2-3-11-21-19(17)24)28(25,26)16-8-6-15(20)7-9-16/h5-10,12,17H,2-4,11,13H2,1H3,(H,21,24). The quantitative estimate of drug-likeness (QED) is 0.771. The van der Waals surface area contributed by atoms with Gasteiger partial charge in [0, 0.05) is 30.4 Å². The number of rotatable bonds is 6. The van der Waals surface area contributed by atoms with E-state index in [0.29, 0.717) is 29.4 Å². The Morgan fingerprint density at radius 3 is 2.61 bits per heavy atom. The first-order chi connectivity index (χ1) is 13.4. The van der Waals surface area contributed by atoms with E-state index in [4.69, 9.17) is 16.3 Å². The number of halogens is 1. The number of pyridine rings is 1. The Bertz CT molecular complexity index is 917. The van der Waals surface area contributed by atoms with Crippen molar-refractivity contribution in [3.63, 3.8) is 0 Å². The summed E-state index contributed by atoms with van der Waals surface area (Å²) in [5.41, 5.74) is 0.662. The van der Waals surface area contributed by atoms with Crippen LogP contribution in [0.25, 0.3) is 0 Å². The van der Waals surface area contributed by atoms with Crippen molar-refractivity contribution in [3.8, 4) is 5.88 Å². The number of nitrogens with one attached hydrogen (secondary N) is 1.